The monoisotopic (exact) mass is 394 g/mol. The number of hydrogen-bond donors (Lipinski definition) is 0. The number of alkyl halides is 3. The topological polar surface area (TPSA) is 59.7 Å². The molecule has 150 valence electrons. The largest absolute Gasteiger partial charge is 0.573 e. The summed E-state index contributed by atoms with van der Waals surface area (Å²) < 4.78 is 42.9. The first-order chi connectivity index (χ1) is 13.2. The molecule has 1 aliphatic rings. The number of amides is 1. The fourth-order valence-corrected chi connectivity index (χ4v) is 3.43. The average Bonchev–Trinajstić information content (AvgIpc) is 2.94. The predicted molar refractivity (Wildman–Crippen MR) is 98.2 cm³/mol. The molecule has 0 N–H and O–H groups in total. The zero-order valence-electron chi connectivity index (χ0n) is 15.7. The van der Waals surface area contributed by atoms with E-state index in [-0.39, 0.29) is 17.7 Å². The lowest BCUT2D eigenvalue weighted by Crippen LogP contribution is -2.40. The van der Waals surface area contributed by atoms with Crippen molar-refractivity contribution in [3.05, 3.63) is 41.2 Å². The summed E-state index contributed by atoms with van der Waals surface area (Å²) in [6, 6.07) is 5.68. The maximum atomic E-state index is 13.0. The van der Waals surface area contributed by atoms with Gasteiger partial charge in [0.15, 0.2) is 0 Å². The van der Waals surface area contributed by atoms with Gasteiger partial charge in [-0.05, 0) is 45.5 Å². The van der Waals surface area contributed by atoms with Gasteiger partial charge in [0, 0.05) is 19.2 Å². The first-order valence-electron chi connectivity index (χ1n) is 8.87. The van der Waals surface area contributed by atoms with Crippen molar-refractivity contribution in [1.82, 2.24) is 14.7 Å². The number of ether oxygens (including phenoxy) is 1. The van der Waals surface area contributed by atoms with Crippen molar-refractivity contribution in [2.45, 2.75) is 39.1 Å². The van der Waals surface area contributed by atoms with Gasteiger partial charge in [-0.1, -0.05) is 6.07 Å². The number of carbonyl (C=O) groups is 1. The first-order valence-corrected chi connectivity index (χ1v) is 8.87. The van der Waals surface area contributed by atoms with E-state index in [1.807, 2.05) is 0 Å². The average molecular weight is 394 g/mol. The zero-order chi connectivity index (χ0) is 20.5. The van der Waals surface area contributed by atoms with Crippen molar-refractivity contribution in [2.24, 2.45) is 4.99 Å². The summed E-state index contributed by atoms with van der Waals surface area (Å²) in [6.45, 7) is 8.17. The van der Waals surface area contributed by atoms with Gasteiger partial charge in [-0.3, -0.25) is 9.79 Å². The van der Waals surface area contributed by atoms with Crippen LogP contribution in [0, 0.1) is 13.8 Å². The lowest BCUT2D eigenvalue weighted by atomic mass is 10.0. The fourth-order valence-electron chi connectivity index (χ4n) is 3.43. The molecule has 0 unspecified atom stereocenters. The molecule has 2 aromatic rings. The van der Waals surface area contributed by atoms with E-state index < -0.39 is 6.36 Å². The summed E-state index contributed by atoms with van der Waals surface area (Å²) in [5, 5.41) is 4.37. The van der Waals surface area contributed by atoms with Crippen LogP contribution >= 0.6 is 0 Å². The third-order valence-corrected chi connectivity index (χ3v) is 4.81. The van der Waals surface area contributed by atoms with Gasteiger partial charge in [-0.25, -0.2) is 4.68 Å². The van der Waals surface area contributed by atoms with Crippen LogP contribution in [0.2, 0.25) is 0 Å². The van der Waals surface area contributed by atoms with Crippen LogP contribution in [0.4, 0.5) is 13.2 Å². The Morgan fingerprint density at radius 1 is 1.29 bits per heavy atom. The highest BCUT2D eigenvalue weighted by atomic mass is 19.4. The third-order valence-electron chi connectivity index (χ3n) is 4.81. The molecule has 1 fully saturated rings. The number of hydrogen-bond acceptors (Lipinski definition) is 4. The Bertz CT molecular complexity index is 884. The van der Waals surface area contributed by atoms with Gasteiger partial charge in [-0.15, -0.1) is 13.2 Å². The lowest BCUT2D eigenvalue weighted by molar-refractivity contribution is -0.274. The van der Waals surface area contributed by atoms with Crippen molar-refractivity contribution >= 4 is 12.6 Å². The lowest BCUT2D eigenvalue weighted by Gasteiger charge is -2.30. The Hall–Kier alpha value is -2.84. The quantitative estimate of drug-likeness (QED) is 0.743. The van der Waals surface area contributed by atoms with Crippen molar-refractivity contribution in [3.63, 3.8) is 0 Å². The van der Waals surface area contributed by atoms with Crippen LogP contribution in [0.15, 0.2) is 29.3 Å². The molecule has 1 aromatic carbocycles. The Morgan fingerprint density at radius 3 is 2.57 bits per heavy atom. The molecule has 1 aromatic heterocycles. The van der Waals surface area contributed by atoms with Crippen LogP contribution in [0.1, 0.15) is 34.6 Å². The summed E-state index contributed by atoms with van der Waals surface area (Å²) in [6.07, 6.45) is -3.25. The molecule has 0 radical (unpaired) electrons. The molecular formula is C19H21F3N4O2. The van der Waals surface area contributed by atoms with E-state index in [4.69, 9.17) is 0 Å². The van der Waals surface area contributed by atoms with Crippen LogP contribution in [0.5, 0.6) is 5.75 Å². The van der Waals surface area contributed by atoms with Gasteiger partial charge < -0.3 is 9.64 Å². The van der Waals surface area contributed by atoms with E-state index in [9.17, 15) is 18.0 Å². The Balaban J connectivity index is 1.87. The number of aliphatic imine (C=N–C) groups is 1. The number of piperidine rings is 1. The van der Waals surface area contributed by atoms with Gasteiger partial charge in [-0.2, -0.15) is 5.10 Å². The van der Waals surface area contributed by atoms with Crippen LogP contribution in [0.25, 0.3) is 5.69 Å². The van der Waals surface area contributed by atoms with Gasteiger partial charge in [0.1, 0.15) is 5.75 Å². The molecule has 0 bridgehead atoms. The number of nitrogens with zero attached hydrogens (tertiary/aromatic N) is 4. The van der Waals surface area contributed by atoms with Crippen LogP contribution in [0.3, 0.4) is 0 Å². The molecule has 2 heterocycles. The van der Waals surface area contributed by atoms with E-state index >= 15 is 0 Å². The molecule has 0 spiro atoms. The summed E-state index contributed by atoms with van der Waals surface area (Å²) in [4.78, 5) is 18.8. The predicted octanol–water partition coefficient (Wildman–Crippen LogP) is 3.69. The number of aryl methyl sites for hydroxylation is 1. The number of benzene rings is 1. The van der Waals surface area contributed by atoms with Crippen LogP contribution in [-0.2, 0) is 0 Å². The zero-order valence-corrected chi connectivity index (χ0v) is 15.7. The smallest absolute Gasteiger partial charge is 0.406 e. The number of halogens is 3. The van der Waals surface area contributed by atoms with Gasteiger partial charge in [0.2, 0.25) is 0 Å². The molecule has 9 heteroatoms. The second-order valence-corrected chi connectivity index (χ2v) is 6.71. The van der Waals surface area contributed by atoms with Gasteiger partial charge >= 0.3 is 6.36 Å². The molecule has 1 saturated heterocycles. The minimum absolute atomic E-state index is 0.133. The molecule has 3 rings (SSSR count). The number of rotatable bonds is 4. The van der Waals surface area contributed by atoms with E-state index in [0.717, 1.165) is 12.8 Å². The van der Waals surface area contributed by atoms with Crippen molar-refractivity contribution in [3.8, 4) is 11.4 Å². The van der Waals surface area contributed by atoms with E-state index in [0.29, 0.717) is 35.7 Å². The normalized spacial score (nSPS) is 15.5. The Kier molecular flexibility index (Phi) is 5.44. The van der Waals surface area contributed by atoms with Gasteiger partial charge in [0.25, 0.3) is 5.91 Å². The third kappa shape index (κ3) is 4.18. The minimum Gasteiger partial charge on any atom is -0.406 e. The van der Waals surface area contributed by atoms with Crippen molar-refractivity contribution in [1.29, 1.82) is 0 Å². The molecule has 0 atom stereocenters. The SMILES string of the molecule is C=NC1CCN(C(=O)c2c(C)nn(-c3cccc(OC(F)(F)F)c3)c2C)CC1. The summed E-state index contributed by atoms with van der Waals surface area (Å²) >= 11 is 0. The van der Waals surface area contributed by atoms with Crippen molar-refractivity contribution < 1.29 is 22.7 Å². The molecular weight excluding hydrogens is 373 g/mol. The molecule has 0 aliphatic carbocycles. The van der Waals surface area contributed by atoms with E-state index in [2.05, 4.69) is 21.5 Å². The number of aromatic nitrogens is 2. The minimum atomic E-state index is -4.78. The van der Waals surface area contributed by atoms with E-state index in [1.54, 1.807) is 24.8 Å². The highest BCUT2D eigenvalue weighted by Crippen LogP contribution is 2.27. The summed E-state index contributed by atoms with van der Waals surface area (Å²) in [5.41, 5.74) is 1.94. The molecule has 0 saturated carbocycles. The van der Waals surface area contributed by atoms with Crippen molar-refractivity contribution in [2.75, 3.05) is 13.1 Å². The second-order valence-electron chi connectivity index (χ2n) is 6.71. The highest BCUT2D eigenvalue weighted by molar-refractivity contribution is 5.96. The molecule has 6 nitrogen and oxygen atoms in total. The van der Waals surface area contributed by atoms with Crippen LogP contribution in [-0.4, -0.2) is 52.8 Å². The molecule has 1 aliphatic heterocycles. The maximum absolute atomic E-state index is 13.0. The van der Waals surface area contributed by atoms with E-state index in [1.165, 1.54) is 22.9 Å². The number of likely N-dealkylation sites (tertiary alicyclic amines) is 1. The summed E-state index contributed by atoms with van der Waals surface area (Å²) in [5.74, 6) is -0.476. The highest BCUT2D eigenvalue weighted by Gasteiger charge is 2.31. The van der Waals surface area contributed by atoms with Gasteiger partial charge in [0.05, 0.1) is 28.7 Å². The first kappa shape index (κ1) is 19.9. The standard InChI is InChI=1S/C19H21F3N4O2/c1-12-17(18(27)25-9-7-14(23-3)8-10-25)13(2)26(24-12)15-5-4-6-16(11-15)28-19(20,21)22/h4-6,11,14H,3,7-10H2,1-2H3. The second kappa shape index (κ2) is 7.65. The molecule has 28 heavy (non-hydrogen) atoms. The van der Waals surface area contributed by atoms with Crippen LogP contribution < -0.4 is 4.74 Å². The fraction of sp³-hybridized carbons (Fsp3) is 0.421. The molecule has 1 amide bonds. The number of carbonyl (C=O) groups excluding carboxylic acids is 1. The maximum Gasteiger partial charge on any atom is 0.573 e. The Morgan fingerprint density at radius 2 is 1.96 bits per heavy atom. The summed E-state index contributed by atoms with van der Waals surface area (Å²) in [7, 11) is 0. The Labute approximate surface area is 160 Å².